The van der Waals surface area contributed by atoms with Crippen molar-refractivity contribution in [3.63, 3.8) is 0 Å². The highest BCUT2D eigenvalue weighted by Gasteiger charge is 2.11. The monoisotopic (exact) mass is 366 g/mol. The van der Waals surface area contributed by atoms with Gasteiger partial charge in [-0.25, -0.2) is 9.37 Å². The van der Waals surface area contributed by atoms with Crippen molar-refractivity contribution in [2.24, 2.45) is 0 Å². The summed E-state index contributed by atoms with van der Waals surface area (Å²) in [6.45, 7) is 2.01. The first-order valence-corrected chi connectivity index (χ1v) is 9.14. The molecule has 0 unspecified atom stereocenters. The number of nitrogens with one attached hydrogen (secondary N) is 1. The lowest BCUT2D eigenvalue weighted by atomic mass is 10.1. The summed E-state index contributed by atoms with van der Waals surface area (Å²) in [4.78, 5) is 16.3. The fraction of sp³-hybridized carbons (Fsp3) is 0.273. The molecule has 1 aromatic heterocycles. The molecule has 0 saturated carbocycles. The van der Waals surface area contributed by atoms with E-state index < -0.39 is 0 Å². The Morgan fingerprint density at radius 1 is 1.11 bits per heavy atom. The Kier molecular flexibility index (Phi) is 6.36. The first-order valence-electron chi connectivity index (χ1n) is 9.14. The van der Waals surface area contributed by atoms with Crippen LogP contribution in [0.3, 0.4) is 0 Å². The number of hydrogen-bond donors (Lipinski definition) is 1. The maximum atomic E-state index is 13.0. The van der Waals surface area contributed by atoms with Crippen LogP contribution in [-0.4, -0.2) is 16.9 Å². The van der Waals surface area contributed by atoms with E-state index >= 15 is 0 Å². The summed E-state index contributed by atoms with van der Waals surface area (Å²) in [5.74, 6) is 0.761. The normalized spacial score (nSPS) is 11.9. The second-order valence-corrected chi connectivity index (χ2v) is 6.62. The topological polar surface area (TPSA) is 55.1 Å². The first-order chi connectivity index (χ1) is 13.1. The fourth-order valence-corrected chi connectivity index (χ4v) is 2.84. The van der Waals surface area contributed by atoms with Crippen molar-refractivity contribution in [2.45, 2.75) is 38.6 Å². The quantitative estimate of drug-likeness (QED) is 0.636. The molecular weight excluding hydrogens is 343 g/mol. The van der Waals surface area contributed by atoms with Gasteiger partial charge < -0.3 is 9.73 Å². The molecule has 2 aromatic carbocycles. The Morgan fingerprint density at radius 3 is 2.59 bits per heavy atom. The predicted octanol–water partition coefficient (Wildman–Crippen LogP) is 4.55. The van der Waals surface area contributed by atoms with Crippen molar-refractivity contribution in [1.82, 2.24) is 10.3 Å². The molecule has 0 aliphatic carbocycles. The van der Waals surface area contributed by atoms with Gasteiger partial charge in [0, 0.05) is 24.4 Å². The van der Waals surface area contributed by atoms with Gasteiger partial charge >= 0.3 is 0 Å². The second-order valence-electron chi connectivity index (χ2n) is 6.62. The summed E-state index contributed by atoms with van der Waals surface area (Å²) < 4.78 is 18.6. The largest absolute Gasteiger partial charge is 0.441 e. The maximum Gasteiger partial charge on any atom is 0.220 e. The molecule has 3 aromatic rings. The van der Waals surface area contributed by atoms with E-state index in [0.717, 1.165) is 18.4 Å². The fourth-order valence-electron chi connectivity index (χ4n) is 2.84. The molecule has 3 rings (SSSR count). The van der Waals surface area contributed by atoms with Crippen LogP contribution in [0.15, 0.2) is 65.2 Å². The number of aryl methyl sites for hydroxylation is 2. The van der Waals surface area contributed by atoms with Crippen LogP contribution in [0.5, 0.6) is 0 Å². The molecule has 27 heavy (non-hydrogen) atoms. The molecule has 1 N–H and O–H groups in total. The van der Waals surface area contributed by atoms with Gasteiger partial charge in [-0.15, -0.1) is 0 Å². The summed E-state index contributed by atoms with van der Waals surface area (Å²) >= 11 is 0. The van der Waals surface area contributed by atoms with Crippen molar-refractivity contribution in [3.05, 3.63) is 78.1 Å². The van der Waals surface area contributed by atoms with Gasteiger partial charge in [0.1, 0.15) is 5.82 Å². The highest BCUT2D eigenvalue weighted by Crippen LogP contribution is 2.21. The van der Waals surface area contributed by atoms with Gasteiger partial charge in [-0.05, 0) is 49.6 Å². The summed E-state index contributed by atoms with van der Waals surface area (Å²) in [6, 6.07) is 16.4. The lowest BCUT2D eigenvalue weighted by Crippen LogP contribution is -2.33. The summed E-state index contributed by atoms with van der Waals surface area (Å²) in [5, 5.41) is 3.02. The van der Waals surface area contributed by atoms with E-state index in [4.69, 9.17) is 4.42 Å². The van der Waals surface area contributed by atoms with Crippen LogP contribution in [-0.2, 0) is 17.6 Å². The highest BCUT2D eigenvalue weighted by atomic mass is 19.1. The van der Waals surface area contributed by atoms with Crippen molar-refractivity contribution >= 4 is 5.91 Å². The number of halogens is 1. The van der Waals surface area contributed by atoms with E-state index in [1.165, 1.54) is 17.7 Å². The molecule has 4 nitrogen and oxygen atoms in total. The van der Waals surface area contributed by atoms with Crippen LogP contribution in [0.25, 0.3) is 11.3 Å². The summed E-state index contributed by atoms with van der Waals surface area (Å²) in [5.41, 5.74) is 2.03. The molecule has 0 aliphatic heterocycles. The van der Waals surface area contributed by atoms with Gasteiger partial charge in [0.25, 0.3) is 0 Å². The Labute approximate surface area is 158 Å². The number of carbonyl (C=O) groups excluding carboxylic acids is 1. The lowest BCUT2D eigenvalue weighted by Gasteiger charge is -2.13. The zero-order chi connectivity index (χ0) is 19.1. The molecule has 0 radical (unpaired) electrons. The molecule has 0 fully saturated rings. The number of carbonyl (C=O) groups is 1. The first kappa shape index (κ1) is 18.8. The van der Waals surface area contributed by atoms with Crippen molar-refractivity contribution in [3.8, 4) is 11.3 Å². The number of oxazole rings is 1. The zero-order valence-electron chi connectivity index (χ0n) is 15.3. The minimum Gasteiger partial charge on any atom is -0.441 e. The Morgan fingerprint density at radius 2 is 1.85 bits per heavy atom. The Hall–Kier alpha value is -2.95. The van der Waals surface area contributed by atoms with Crippen LogP contribution in [0, 0.1) is 5.82 Å². The Balaban J connectivity index is 1.43. The summed E-state index contributed by atoms with van der Waals surface area (Å²) in [6.07, 6.45) is 4.17. The average Bonchev–Trinajstić information content (AvgIpc) is 3.15. The number of aromatic nitrogens is 1. The third kappa shape index (κ3) is 5.78. The minimum atomic E-state index is -0.295. The zero-order valence-corrected chi connectivity index (χ0v) is 15.3. The van der Waals surface area contributed by atoms with Crippen LogP contribution < -0.4 is 5.32 Å². The molecule has 0 spiro atoms. The van der Waals surface area contributed by atoms with E-state index in [9.17, 15) is 9.18 Å². The highest BCUT2D eigenvalue weighted by molar-refractivity contribution is 5.76. The van der Waals surface area contributed by atoms with E-state index in [0.29, 0.717) is 24.5 Å². The molecule has 0 saturated heterocycles. The molecule has 0 aliphatic rings. The number of amides is 1. The molecule has 1 atom stereocenters. The van der Waals surface area contributed by atoms with Crippen molar-refractivity contribution < 1.29 is 13.6 Å². The van der Waals surface area contributed by atoms with E-state index in [-0.39, 0.29) is 17.8 Å². The van der Waals surface area contributed by atoms with E-state index in [1.807, 2.05) is 25.1 Å². The van der Waals surface area contributed by atoms with Gasteiger partial charge in [-0.1, -0.05) is 30.3 Å². The number of hydrogen-bond acceptors (Lipinski definition) is 3. The molecule has 1 heterocycles. The van der Waals surface area contributed by atoms with Gasteiger partial charge in [-0.2, -0.15) is 0 Å². The minimum absolute atomic E-state index is 0.0166. The van der Waals surface area contributed by atoms with Gasteiger partial charge in [0.2, 0.25) is 5.91 Å². The molecule has 0 bridgehead atoms. The smallest absolute Gasteiger partial charge is 0.220 e. The number of benzene rings is 2. The maximum absolute atomic E-state index is 13.0. The van der Waals surface area contributed by atoms with Crippen molar-refractivity contribution in [1.29, 1.82) is 0 Å². The lowest BCUT2D eigenvalue weighted by molar-refractivity contribution is -0.121. The number of nitrogens with zero attached hydrogens (tertiary/aromatic N) is 1. The third-order valence-electron chi connectivity index (χ3n) is 4.36. The van der Waals surface area contributed by atoms with Gasteiger partial charge in [-0.3, -0.25) is 4.79 Å². The second kappa shape index (κ2) is 9.12. The van der Waals surface area contributed by atoms with Gasteiger partial charge in [0.05, 0.1) is 6.20 Å². The van der Waals surface area contributed by atoms with Gasteiger partial charge in [0.15, 0.2) is 11.7 Å². The van der Waals surface area contributed by atoms with Crippen LogP contribution in [0.2, 0.25) is 0 Å². The molecule has 140 valence electrons. The third-order valence-corrected chi connectivity index (χ3v) is 4.36. The average molecular weight is 366 g/mol. The standard InChI is InChI=1S/C22H23FN2O2/c1-16(7-8-17-5-3-2-4-6-17)25-21(26)13-14-22-24-15-20(27-22)18-9-11-19(23)12-10-18/h2-6,9-12,15-16H,7-8,13-14H2,1H3,(H,25,26)/t16-/m1/s1. The van der Waals surface area contributed by atoms with Crippen LogP contribution in [0.1, 0.15) is 31.2 Å². The summed E-state index contributed by atoms with van der Waals surface area (Å²) in [7, 11) is 0. The van der Waals surface area contributed by atoms with E-state index in [1.54, 1.807) is 18.3 Å². The molecular formula is C22H23FN2O2. The van der Waals surface area contributed by atoms with E-state index in [2.05, 4.69) is 22.4 Å². The number of rotatable bonds is 8. The Bertz CT molecular complexity index is 860. The van der Waals surface area contributed by atoms with Crippen LogP contribution >= 0.6 is 0 Å². The molecule has 1 amide bonds. The molecule has 5 heteroatoms. The SMILES string of the molecule is C[C@H](CCc1ccccc1)NC(=O)CCc1ncc(-c2ccc(F)cc2)o1. The van der Waals surface area contributed by atoms with Crippen molar-refractivity contribution in [2.75, 3.05) is 0 Å². The van der Waals surface area contributed by atoms with Crippen LogP contribution in [0.4, 0.5) is 4.39 Å². The predicted molar refractivity (Wildman–Crippen MR) is 103 cm³/mol.